The number of aryl methyl sites for hydroxylation is 2. The Morgan fingerprint density at radius 3 is 2.61 bits per heavy atom. The summed E-state index contributed by atoms with van der Waals surface area (Å²) in [5.74, 6) is 2.72. The smallest absolute Gasteiger partial charge is 0.139 e. The molecular formula is C22H31N5O. The molecular weight excluding hydrogens is 350 g/mol. The first kappa shape index (κ1) is 20.1. The molecule has 2 aromatic rings. The highest BCUT2D eigenvalue weighted by atomic mass is 16.3. The molecule has 2 heterocycles. The summed E-state index contributed by atoms with van der Waals surface area (Å²) in [6.45, 7) is 12.3. The number of hydrogen-bond donors (Lipinski definition) is 1. The van der Waals surface area contributed by atoms with Gasteiger partial charge < -0.3 is 9.32 Å². The topological polar surface area (TPSA) is 66.0 Å². The van der Waals surface area contributed by atoms with E-state index < -0.39 is 0 Å². The molecule has 0 aromatic carbocycles. The maximum Gasteiger partial charge on any atom is 0.139 e. The molecule has 0 fully saturated rings. The molecule has 0 saturated carbocycles. The Hall–Kier alpha value is -2.63. The molecule has 0 spiro atoms. The van der Waals surface area contributed by atoms with Gasteiger partial charge in [-0.3, -0.25) is 5.43 Å². The first-order valence-electron chi connectivity index (χ1n) is 10.2. The van der Waals surface area contributed by atoms with Crippen molar-refractivity contribution in [2.45, 2.75) is 52.9 Å². The van der Waals surface area contributed by atoms with Crippen LogP contribution in [0.4, 0.5) is 5.82 Å². The average molecular weight is 382 g/mol. The van der Waals surface area contributed by atoms with Crippen LogP contribution in [0.1, 0.15) is 55.7 Å². The van der Waals surface area contributed by atoms with Crippen LogP contribution in [-0.2, 0) is 12.8 Å². The summed E-state index contributed by atoms with van der Waals surface area (Å²) < 4.78 is 6.10. The lowest BCUT2D eigenvalue weighted by atomic mass is 9.93. The Labute approximate surface area is 167 Å². The monoisotopic (exact) mass is 381 g/mol. The summed E-state index contributed by atoms with van der Waals surface area (Å²) in [6, 6.07) is 4.07. The van der Waals surface area contributed by atoms with E-state index in [0.717, 1.165) is 54.4 Å². The summed E-state index contributed by atoms with van der Waals surface area (Å²) in [5.41, 5.74) is 8.22. The highest BCUT2D eigenvalue weighted by Crippen LogP contribution is 2.41. The Bertz CT molecular complexity index is 864. The van der Waals surface area contributed by atoms with Crippen molar-refractivity contribution in [3.8, 4) is 11.3 Å². The molecule has 6 heteroatoms. The fourth-order valence-electron chi connectivity index (χ4n) is 3.95. The Morgan fingerprint density at radius 1 is 1.21 bits per heavy atom. The molecule has 2 aromatic heterocycles. The number of pyridine rings is 1. The molecule has 0 bridgehead atoms. The molecule has 1 aliphatic rings. The number of fused-ring (bicyclic) bond motifs is 1. The molecule has 1 aliphatic carbocycles. The minimum atomic E-state index is 0.691. The van der Waals surface area contributed by atoms with E-state index in [0.29, 0.717) is 5.70 Å². The van der Waals surface area contributed by atoms with Crippen molar-refractivity contribution in [2.75, 3.05) is 25.0 Å². The molecule has 6 nitrogen and oxygen atoms in total. The van der Waals surface area contributed by atoms with Crippen molar-refractivity contribution in [3.05, 3.63) is 41.3 Å². The van der Waals surface area contributed by atoms with E-state index in [1.807, 2.05) is 13.0 Å². The van der Waals surface area contributed by atoms with Gasteiger partial charge in [0.25, 0.3) is 0 Å². The van der Waals surface area contributed by atoms with Crippen molar-refractivity contribution >= 4 is 11.5 Å². The third kappa shape index (κ3) is 3.96. The Morgan fingerprint density at radius 2 is 1.96 bits per heavy atom. The van der Waals surface area contributed by atoms with E-state index in [-0.39, 0.29) is 0 Å². The van der Waals surface area contributed by atoms with Gasteiger partial charge in [-0.2, -0.15) is 5.11 Å². The summed E-state index contributed by atoms with van der Waals surface area (Å²) in [7, 11) is 1.64. The molecule has 3 rings (SSSR count). The van der Waals surface area contributed by atoms with Gasteiger partial charge in [0.05, 0.1) is 18.3 Å². The van der Waals surface area contributed by atoms with E-state index >= 15 is 0 Å². The first-order valence-corrected chi connectivity index (χ1v) is 10.2. The van der Waals surface area contributed by atoms with Gasteiger partial charge in [-0.15, -0.1) is 0 Å². The number of furan rings is 1. The first-order chi connectivity index (χ1) is 13.6. The minimum absolute atomic E-state index is 0.691. The van der Waals surface area contributed by atoms with E-state index in [9.17, 15) is 0 Å². The van der Waals surface area contributed by atoms with E-state index in [1.54, 1.807) is 7.05 Å². The second-order valence-electron chi connectivity index (χ2n) is 7.14. The Kier molecular flexibility index (Phi) is 6.49. The van der Waals surface area contributed by atoms with Crippen molar-refractivity contribution in [3.63, 3.8) is 0 Å². The number of aromatic nitrogens is 1. The van der Waals surface area contributed by atoms with Gasteiger partial charge in [-0.25, -0.2) is 4.98 Å². The lowest BCUT2D eigenvalue weighted by Gasteiger charge is -2.27. The predicted octanol–water partition coefficient (Wildman–Crippen LogP) is 5.32. The number of rotatable bonds is 7. The Balaban J connectivity index is 2.33. The predicted molar refractivity (Wildman–Crippen MR) is 114 cm³/mol. The van der Waals surface area contributed by atoms with Crippen molar-refractivity contribution in [1.82, 2.24) is 10.4 Å². The van der Waals surface area contributed by atoms with Gasteiger partial charge >= 0.3 is 0 Å². The number of nitrogens with zero attached hydrogens (tertiary/aromatic N) is 4. The molecule has 28 heavy (non-hydrogen) atoms. The quantitative estimate of drug-likeness (QED) is 0.400. The van der Waals surface area contributed by atoms with Crippen LogP contribution in [0.3, 0.4) is 0 Å². The largest absolute Gasteiger partial charge is 0.461 e. The number of hydrogen-bond acceptors (Lipinski definition) is 5. The summed E-state index contributed by atoms with van der Waals surface area (Å²) in [5, 5.41) is 7.79. The molecule has 0 atom stereocenters. The average Bonchev–Trinajstić information content (AvgIpc) is 2.98. The second kappa shape index (κ2) is 9.04. The lowest BCUT2D eigenvalue weighted by molar-refractivity contribution is 0.547. The van der Waals surface area contributed by atoms with E-state index in [4.69, 9.17) is 9.40 Å². The third-order valence-corrected chi connectivity index (χ3v) is 5.34. The SMILES string of the molecule is C=C(NN=NC)c1c(N(CC)CC)nc2c(c1-c1ccc(C)o1)CCCCC2. The number of nitrogens with one attached hydrogen (secondary N) is 1. The molecule has 0 saturated heterocycles. The van der Waals surface area contributed by atoms with Crippen LogP contribution in [0.2, 0.25) is 0 Å². The standard InChI is InChI=1S/C22H31N5O/c1-6-27(7-2)22-20(16(4)25-26-23-5)21(19-14-13-15(3)28-19)17-11-9-8-10-12-18(17)24-22/h13-14H,4,6-12H2,1-3,5H3,(H,23,25). The van der Waals surface area contributed by atoms with Crippen molar-refractivity contribution in [2.24, 2.45) is 10.3 Å². The minimum Gasteiger partial charge on any atom is -0.461 e. The van der Waals surface area contributed by atoms with Crippen LogP contribution in [0.15, 0.2) is 33.5 Å². The van der Waals surface area contributed by atoms with Crippen LogP contribution in [0, 0.1) is 6.92 Å². The van der Waals surface area contributed by atoms with Crippen LogP contribution in [0.25, 0.3) is 17.0 Å². The van der Waals surface area contributed by atoms with Gasteiger partial charge in [0.15, 0.2) is 0 Å². The van der Waals surface area contributed by atoms with E-state index in [2.05, 4.69) is 47.2 Å². The molecule has 0 radical (unpaired) electrons. The van der Waals surface area contributed by atoms with Crippen LogP contribution in [-0.4, -0.2) is 25.1 Å². The van der Waals surface area contributed by atoms with E-state index in [1.165, 1.54) is 30.5 Å². The fraction of sp³-hybridized carbons (Fsp3) is 0.500. The third-order valence-electron chi connectivity index (χ3n) is 5.34. The lowest BCUT2D eigenvalue weighted by Crippen LogP contribution is -2.26. The van der Waals surface area contributed by atoms with Gasteiger partial charge in [0.2, 0.25) is 0 Å². The maximum absolute atomic E-state index is 6.10. The van der Waals surface area contributed by atoms with Crippen LogP contribution in [0.5, 0.6) is 0 Å². The van der Waals surface area contributed by atoms with Gasteiger partial charge in [0, 0.05) is 24.3 Å². The fourth-order valence-corrected chi connectivity index (χ4v) is 3.95. The summed E-state index contributed by atoms with van der Waals surface area (Å²) in [6.07, 6.45) is 5.58. The number of anilines is 1. The van der Waals surface area contributed by atoms with Crippen LogP contribution < -0.4 is 10.3 Å². The molecule has 0 aliphatic heterocycles. The zero-order valence-corrected chi connectivity index (χ0v) is 17.5. The van der Waals surface area contributed by atoms with Gasteiger partial charge in [-0.1, -0.05) is 18.2 Å². The zero-order valence-electron chi connectivity index (χ0n) is 17.5. The molecule has 0 amide bonds. The summed E-state index contributed by atoms with van der Waals surface area (Å²) >= 11 is 0. The molecule has 0 unspecified atom stereocenters. The maximum atomic E-state index is 6.10. The van der Waals surface area contributed by atoms with Gasteiger partial charge in [-0.05, 0) is 64.2 Å². The molecule has 1 N–H and O–H groups in total. The second-order valence-corrected chi connectivity index (χ2v) is 7.14. The van der Waals surface area contributed by atoms with Crippen molar-refractivity contribution in [1.29, 1.82) is 0 Å². The molecule has 150 valence electrons. The normalized spacial score (nSPS) is 14.0. The summed E-state index contributed by atoms with van der Waals surface area (Å²) in [4.78, 5) is 7.42. The van der Waals surface area contributed by atoms with Gasteiger partial charge in [0.1, 0.15) is 17.3 Å². The zero-order chi connectivity index (χ0) is 20.1. The highest BCUT2D eigenvalue weighted by Gasteiger charge is 2.27. The van der Waals surface area contributed by atoms with Crippen LogP contribution >= 0.6 is 0 Å². The highest BCUT2D eigenvalue weighted by molar-refractivity contribution is 5.87. The van der Waals surface area contributed by atoms with Crippen molar-refractivity contribution < 1.29 is 4.42 Å².